The fraction of sp³-hybridized carbons (Fsp3) is 0.538. The minimum Gasteiger partial charge on any atom is -0.496 e. The molecule has 0 heterocycles. The molecule has 0 aromatic heterocycles. The second-order valence-corrected chi connectivity index (χ2v) is 5.38. The first kappa shape index (κ1) is 13.5. The average Bonchev–Trinajstić information content (AvgIpc) is 2.26. The zero-order valence-electron chi connectivity index (χ0n) is 10.3. The van der Waals surface area contributed by atoms with Gasteiger partial charge in [0.15, 0.2) is 0 Å². The van der Waals surface area contributed by atoms with Crippen molar-refractivity contribution in [1.82, 2.24) is 0 Å². The molecular formula is C13H20BrNO. The third kappa shape index (κ3) is 2.98. The van der Waals surface area contributed by atoms with Crippen LogP contribution in [0.15, 0.2) is 22.7 Å². The van der Waals surface area contributed by atoms with E-state index in [9.17, 15) is 0 Å². The van der Waals surface area contributed by atoms with E-state index in [0.29, 0.717) is 11.8 Å². The molecule has 16 heavy (non-hydrogen) atoms. The molecule has 1 aromatic rings. The fourth-order valence-electron chi connectivity index (χ4n) is 1.61. The summed E-state index contributed by atoms with van der Waals surface area (Å²) in [5, 5.41) is 0. The summed E-state index contributed by atoms with van der Waals surface area (Å²) in [6, 6.07) is 6.10. The van der Waals surface area contributed by atoms with Crippen molar-refractivity contribution in [2.24, 2.45) is 17.6 Å². The number of ether oxygens (including phenoxy) is 1. The Labute approximate surface area is 106 Å². The highest BCUT2D eigenvalue weighted by molar-refractivity contribution is 9.10. The molecule has 90 valence electrons. The van der Waals surface area contributed by atoms with Crippen molar-refractivity contribution in [2.45, 2.75) is 26.8 Å². The van der Waals surface area contributed by atoms with Crippen molar-refractivity contribution in [3.8, 4) is 5.75 Å². The quantitative estimate of drug-likeness (QED) is 0.915. The lowest BCUT2D eigenvalue weighted by atomic mass is 9.87. The zero-order valence-corrected chi connectivity index (χ0v) is 11.9. The van der Waals surface area contributed by atoms with Crippen molar-refractivity contribution in [2.75, 3.05) is 7.11 Å². The molecule has 0 bridgehead atoms. The standard InChI is InChI=1S/C13H20BrNO/c1-8(2)9(3)13(15)10-5-6-12(16-4)11(14)7-10/h5-9,13H,15H2,1-4H3. The number of rotatable bonds is 4. The molecule has 0 aliphatic heterocycles. The van der Waals surface area contributed by atoms with E-state index in [2.05, 4.69) is 36.7 Å². The Balaban J connectivity index is 2.92. The first-order chi connectivity index (χ1) is 7.47. The van der Waals surface area contributed by atoms with E-state index in [-0.39, 0.29) is 6.04 Å². The molecule has 0 aliphatic rings. The molecule has 2 N–H and O–H groups in total. The first-order valence-corrected chi connectivity index (χ1v) is 6.35. The minimum atomic E-state index is 0.0715. The maximum atomic E-state index is 6.24. The zero-order chi connectivity index (χ0) is 12.3. The highest BCUT2D eigenvalue weighted by Crippen LogP contribution is 2.31. The maximum absolute atomic E-state index is 6.24. The summed E-state index contributed by atoms with van der Waals surface area (Å²) in [4.78, 5) is 0. The lowest BCUT2D eigenvalue weighted by molar-refractivity contribution is 0.351. The van der Waals surface area contributed by atoms with Gasteiger partial charge in [-0.2, -0.15) is 0 Å². The van der Waals surface area contributed by atoms with Crippen LogP contribution in [0, 0.1) is 11.8 Å². The number of nitrogens with two attached hydrogens (primary N) is 1. The molecule has 1 rings (SSSR count). The van der Waals surface area contributed by atoms with E-state index in [4.69, 9.17) is 10.5 Å². The van der Waals surface area contributed by atoms with Gasteiger partial charge in [-0.15, -0.1) is 0 Å². The Morgan fingerprint density at radius 2 is 1.88 bits per heavy atom. The highest BCUT2D eigenvalue weighted by Gasteiger charge is 2.18. The number of benzene rings is 1. The monoisotopic (exact) mass is 285 g/mol. The van der Waals surface area contributed by atoms with Crippen molar-refractivity contribution in [1.29, 1.82) is 0 Å². The number of methoxy groups -OCH3 is 1. The fourth-order valence-corrected chi connectivity index (χ4v) is 2.17. The van der Waals surface area contributed by atoms with Crippen molar-refractivity contribution < 1.29 is 4.74 Å². The lowest BCUT2D eigenvalue weighted by Crippen LogP contribution is -2.23. The second kappa shape index (κ2) is 5.69. The molecule has 1 aromatic carbocycles. The van der Waals surface area contributed by atoms with Crippen LogP contribution in [0.25, 0.3) is 0 Å². The van der Waals surface area contributed by atoms with Crippen LogP contribution < -0.4 is 10.5 Å². The van der Waals surface area contributed by atoms with E-state index in [1.807, 2.05) is 18.2 Å². The van der Waals surface area contributed by atoms with Crippen LogP contribution in [-0.2, 0) is 0 Å². The lowest BCUT2D eigenvalue weighted by Gasteiger charge is -2.24. The highest BCUT2D eigenvalue weighted by atomic mass is 79.9. The van der Waals surface area contributed by atoms with Crippen LogP contribution in [0.4, 0.5) is 0 Å². The normalized spacial score (nSPS) is 14.9. The predicted octanol–water partition coefficient (Wildman–Crippen LogP) is 3.75. The van der Waals surface area contributed by atoms with Gasteiger partial charge in [0.1, 0.15) is 5.75 Å². The molecule has 0 amide bonds. The van der Waals surface area contributed by atoms with Gasteiger partial charge in [-0.05, 0) is 45.5 Å². The summed E-state index contributed by atoms with van der Waals surface area (Å²) in [6.07, 6.45) is 0. The van der Waals surface area contributed by atoms with E-state index < -0.39 is 0 Å². The summed E-state index contributed by atoms with van der Waals surface area (Å²) in [6.45, 7) is 6.58. The Hall–Kier alpha value is -0.540. The Bertz CT molecular complexity index is 352. The number of halogens is 1. The molecule has 2 nitrogen and oxygen atoms in total. The third-order valence-electron chi connectivity index (χ3n) is 3.18. The summed E-state index contributed by atoms with van der Waals surface area (Å²) in [7, 11) is 1.66. The van der Waals surface area contributed by atoms with E-state index in [1.165, 1.54) is 0 Å². The summed E-state index contributed by atoms with van der Waals surface area (Å²) >= 11 is 3.48. The second-order valence-electron chi connectivity index (χ2n) is 4.52. The molecule has 0 radical (unpaired) electrons. The Kier molecular flexibility index (Phi) is 4.81. The van der Waals surface area contributed by atoms with Gasteiger partial charge in [0, 0.05) is 6.04 Å². The summed E-state index contributed by atoms with van der Waals surface area (Å²) in [5.74, 6) is 1.88. The SMILES string of the molecule is COc1ccc(C(N)C(C)C(C)C)cc1Br. The van der Waals surface area contributed by atoms with Gasteiger partial charge in [0.2, 0.25) is 0 Å². The molecule has 2 atom stereocenters. The molecule has 2 unspecified atom stereocenters. The van der Waals surface area contributed by atoms with Crippen LogP contribution in [0.5, 0.6) is 5.75 Å². The van der Waals surface area contributed by atoms with Crippen LogP contribution >= 0.6 is 15.9 Å². The largest absolute Gasteiger partial charge is 0.496 e. The topological polar surface area (TPSA) is 35.2 Å². The van der Waals surface area contributed by atoms with Crippen LogP contribution in [0.2, 0.25) is 0 Å². The third-order valence-corrected chi connectivity index (χ3v) is 3.80. The van der Waals surface area contributed by atoms with Crippen LogP contribution in [0.3, 0.4) is 0 Å². The number of hydrogen-bond donors (Lipinski definition) is 1. The molecule has 0 saturated carbocycles. The predicted molar refractivity (Wildman–Crippen MR) is 71.6 cm³/mol. The van der Waals surface area contributed by atoms with Gasteiger partial charge in [-0.1, -0.05) is 26.8 Å². The number of hydrogen-bond acceptors (Lipinski definition) is 2. The molecule has 0 spiro atoms. The van der Waals surface area contributed by atoms with E-state index in [0.717, 1.165) is 15.8 Å². The van der Waals surface area contributed by atoms with Gasteiger partial charge >= 0.3 is 0 Å². The average molecular weight is 286 g/mol. The molecular weight excluding hydrogens is 266 g/mol. The van der Waals surface area contributed by atoms with Gasteiger partial charge < -0.3 is 10.5 Å². The van der Waals surface area contributed by atoms with Gasteiger partial charge in [0.05, 0.1) is 11.6 Å². The molecule has 3 heteroatoms. The van der Waals surface area contributed by atoms with E-state index >= 15 is 0 Å². The van der Waals surface area contributed by atoms with Gasteiger partial charge in [0.25, 0.3) is 0 Å². The molecule has 0 saturated heterocycles. The minimum absolute atomic E-state index is 0.0715. The summed E-state index contributed by atoms with van der Waals surface area (Å²) < 4.78 is 6.16. The van der Waals surface area contributed by atoms with E-state index in [1.54, 1.807) is 7.11 Å². The smallest absolute Gasteiger partial charge is 0.133 e. The van der Waals surface area contributed by atoms with Gasteiger partial charge in [-0.3, -0.25) is 0 Å². The molecule has 0 fully saturated rings. The van der Waals surface area contributed by atoms with Crippen molar-refractivity contribution in [3.05, 3.63) is 28.2 Å². The first-order valence-electron chi connectivity index (χ1n) is 5.56. The maximum Gasteiger partial charge on any atom is 0.133 e. The van der Waals surface area contributed by atoms with Crippen molar-refractivity contribution >= 4 is 15.9 Å². The van der Waals surface area contributed by atoms with Crippen LogP contribution in [-0.4, -0.2) is 7.11 Å². The van der Waals surface area contributed by atoms with Gasteiger partial charge in [-0.25, -0.2) is 0 Å². The van der Waals surface area contributed by atoms with Crippen LogP contribution in [0.1, 0.15) is 32.4 Å². The Morgan fingerprint density at radius 3 is 2.31 bits per heavy atom. The summed E-state index contributed by atoms with van der Waals surface area (Å²) in [5.41, 5.74) is 7.39. The molecule has 0 aliphatic carbocycles. The Morgan fingerprint density at radius 1 is 1.25 bits per heavy atom. The van der Waals surface area contributed by atoms with Crippen molar-refractivity contribution in [3.63, 3.8) is 0 Å².